The van der Waals surface area contributed by atoms with Crippen molar-refractivity contribution in [2.75, 3.05) is 13.6 Å². The van der Waals surface area contributed by atoms with Crippen molar-refractivity contribution in [3.05, 3.63) is 0 Å². The van der Waals surface area contributed by atoms with Gasteiger partial charge in [-0.2, -0.15) is 0 Å². The van der Waals surface area contributed by atoms with Crippen LogP contribution in [0.5, 0.6) is 0 Å². The fourth-order valence-corrected chi connectivity index (χ4v) is 3.10. The van der Waals surface area contributed by atoms with Crippen molar-refractivity contribution < 1.29 is 1.43 Å². The summed E-state index contributed by atoms with van der Waals surface area (Å²) in [6, 6.07) is 0. The summed E-state index contributed by atoms with van der Waals surface area (Å²) in [6.45, 7) is 1.22. The van der Waals surface area contributed by atoms with Crippen molar-refractivity contribution >= 4 is 0 Å². The minimum Gasteiger partial charge on any atom is -0.320 e. The number of hydrogen-bond donors (Lipinski definition) is 1. The molecule has 2 aliphatic rings. The third-order valence-electron chi connectivity index (χ3n) is 4.38. The van der Waals surface area contributed by atoms with Crippen molar-refractivity contribution in [1.82, 2.24) is 5.32 Å². The molecule has 0 aromatic carbocycles. The maximum Gasteiger partial charge on any atom is 0 e. The first kappa shape index (κ1) is 9.51. The number of nitrogens with one attached hydrogen (secondary N) is 1. The van der Waals surface area contributed by atoms with Crippen LogP contribution in [0.4, 0.5) is 0 Å². The van der Waals surface area contributed by atoms with Gasteiger partial charge in [-0.3, -0.25) is 0 Å². The standard InChI is InChI=1S/C12H23N.H2/c1-13-10-5-11-3-8-12(9-4-11)6-2-7-12;/h11,13H,2-10H2,1H3;1H. The Morgan fingerprint density at radius 3 is 2.38 bits per heavy atom. The van der Waals surface area contributed by atoms with Crippen molar-refractivity contribution in [2.45, 2.75) is 51.4 Å². The highest BCUT2D eigenvalue weighted by Crippen LogP contribution is 2.52. The van der Waals surface area contributed by atoms with Crippen LogP contribution in [0.15, 0.2) is 0 Å². The van der Waals surface area contributed by atoms with Crippen LogP contribution < -0.4 is 5.32 Å². The van der Waals surface area contributed by atoms with E-state index in [0.29, 0.717) is 0 Å². The van der Waals surface area contributed by atoms with E-state index in [1.54, 1.807) is 25.7 Å². The highest BCUT2D eigenvalue weighted by molar-refractivity contribution is 4.91. The van der Waals surface area contributed by atoms with E-state index in [4.69, 9.17) is 0 Å². The lowest BCUT2D eigenvalue weighted by atomic mass is 9.59. The van der Waals surface area contributed by atoms with Gasteiger partial charge in [-0.1, -0.05) is 6.42 Å². The average Bonchev–Trinajstić information content (AvgIpc) is 2.13. The summed E-state index contributed by atoms with van der Waals surface area (Å²) in [5.74, 6) is 1.04. The summed E-state index contributed by atoms with van der Waals surface area (Å²) in [4.78, 5) is 0. The Hall–Kier alpha value is -0.0400. The third kappa shape index (κ3) is 2.07. The van der Waals surface area contributed by atoms with E-state index in [2.05, 4.69) is 12.4 Å². The van der Waals surface area contributed by atoms with Crippen LogP contribution in [-0.4, -0.2) is 13.6 Å². The van der Waals surface area contributed by atoms with Gasteiger partial charge in [0, 0.05) is 1.43 Å². The fourth-order valence-electron chi connectivity index (χ4n) is 3.10. The molecule has 0 aromatic rings. The molecule has 0 radical (unpaired) electrons. The van der Waals surface area contributed by atoms with Gasteiger partial charge in [0.05, 0.1) is 0 Å². The summed E-state index contributed by atoms with van der Waals surface area (Å²) in [5.41, 5.74) is 0.857. The molecule has 0 aliphatic heterocycles. The van der Waals surface area contributed by atoms with Crippen LogP contribution in [0, 0.1) is 11.3 Å². The molecule has 0 aromatic heterocycles. The maximum absolute atomic E-state index is 3.26. The van der Waals surface area contributed by atoms with Crippen LogP contribution in [0.1, 0.15) is 52.8 Å². The normalized spacial score (nSPS) is 27.5. The molecule has 1 nitrogen and oxygen atoms in total. The predicted molar refractivity (Wildman–Crippen MR) is 58.9 cm³/mol. The second-order valence-corrected chi connectivity index (χ2v) is 5.19. The lowest BCUT2D eigenvalue weighted by Crippen LogP contribution is -2.34. The predicted octanol–water partition coefficient (Wildman–Crippen LogP) is 3.20. The van der Waals surface area contributed by atoms with Gasteiger partial charge < -0.3 is 5.32 Å². The minimum absolute atomic E-state index is 0. The van der Waals surface area contributed by atoms with Crippen LogP contribution in [0.3, 0.4) is 0 Å². The van der Waals surface area contributed by atoms with Crippen molar-refractivity contribution in [3.63, 3.8) is 0 Å². The van der Waals surface area contributed by atoms with Gasteiger partial charge in [0.25, 0.3) is 0 Å². The molecule has 2 fully saturated rings. The van der Waals surface area contributed by atoms with Gasteiger partial charge in [0.15, 0.2) is 0 Å². The van der Waals surface area contributed by atoms with Crippen LogP contribution >= 0.6 is 0 Å². The third-order valence-corrected chi connectivity index (χ3v) is 4.38. The molecule has 0 saturated heterocycles. The number of rotatable bonds is 3. The second kappa shape index (κ2) is 4.00. The Morgan fingerprint density at radius 2 is 1.92 bits per heavy atom. The van der Waals surface area contributed by atoms with Gasteiger partial charge in [0.1, 0.15) is 0 Å². The average molecular weight is 183 g/mol. The Balaban J connectivity index is 0.000000980. The molecular weight excluding hydrogens is 158 g/mol. The summed E-state index contributed by atoms with van der Waals surface area (Å²) in [5, 5.41) is 3.26. The van der Waals surface area contributed by atoms with Gasteiger partial charge >= 0.3 is 0 Å². The molecule has 0 heterocycles. The van der Waals surface area contributed by atoms with Crippen LogP contribution in [0.25, 0.3) is 0 Å². The molecule has 1 N–H and O–H groups in total. The van der Waals surface area contributed by atoms with E-state index < -0.39 is 0 Å². The quantitative estimate of drug-likeness (QED) is 0.708. The summed E-state index contributed by atoms with van der Waals surface area (Å²) < 4.78 is 0. The smallest absolute Gasteiger partial charge is 0 e. The van der Waals surface area contributed by atoms with E-state index in [1.165, 1.54) is 32.2 Å². The van der Waals surface area contributed by atoms with Gasteiger partial charge in [-0.25, -0.2) is 0 Å². The van der Waals surface area contributed by atoms with Gasteiger partial charge in [-0.15, -0.1) is 0 Å². The van der Waals surface area contributed by atoms with E-state index >= 15 is 0 Å². The largest absolute Gasteiger partial charge is 0.320 e. The van der Waals surface area contributed by atoms with Gasteiger partial charge in [0.2, 0.25) is 0 Å². The van der Waals surface area contributed by atoms with E-state index in [9.17, 15) is 0 Å². The zero-order chi connectivity index (χ0) is 9.15. The van der Waals surface area contributed by atoms with E-state index in [-0.39, 0.29) is 1.43 Å². The first-order chi connectivity index (χ1) is 6.35. The molecule has 1 spiro atoms. The first-order valence-corrected chi connectivity index (χ1v) is 5.99. The first-order valence-electron chi connectivity index (χ1n) is 5.99. The Labute approximate surface area is 83.8 Å². The van der Waals surface area contributed by atoms with Crippen molar-refractivity contribution in [1.29, 1.82) is 0 Å². The van der Waals surface area contributed by atoms with Crippen LogP contribution in [0.2, 0.25) is 0 Å². The van der Waals surface area contributed by atoms with Crippen molar-refractivity contribution in [2.24, 2.45) is 11.3 Å². The Morgan fingerprint density at radius 1 is 1.23 bits per heavy atom. The topological polar surface area (TPSA) is 12.0 Å². The SMILES string of the molecule is CNCCC1CCC2(CCC2)CC1.[HH]. The molecule has 0 amide bonds. The molecule has 2 aliphatic carbocycles. The minimum atomic E-state index is 0. The molecule has 13 heavy (non-hydrogen) atoms. The summed E-state index contributed by atoms with van der Waals surface area (Å²) in [6.07, 6.45) is 12.1. The number of hydrogen-bond acceptors (Lipinski definition) is 1. The summed E-state index contributed by atoms with van der Waals surface area (Å²) >= 11 is 0. The Kier molecular flexibility index (Phi) is 2.92. The lowest BCUT2D eigenvalue weighted by molar-refractivity contribution is 0.0538. The van der Waals surface area contributed by atoms with Crippen molar-refractivity contribution in [3.8, 4) is 0 Å². The highest BCUT2D eigenvalue weighted by Gasteiger charge is 2.39. The van der Waals surface area contributed by atoms with E-state index in [0.717, 1.165) is 11.3 Å². The van der Waals surface area contributed by atoms with Crippen LogP contribution in [-0.2, 0) is 0 Å². The van der Waals surface area contributed by atoms with Gasteiger partial charge in [-0.05, 0) is 69.9 Å². The fraction of sp³-hybridized carbons (Fsp3) is 1.00. The van der Waals surface area contributed by atoms with E-state index in [1.807, 2.05) is 0 Å². The maximum atomic E-state index is 3.26. The zero-order valence-corrected chi connectivity index (χ0v) is 8.94. The second-order valence-electron chi connectivity index (χ2n) is 5.19. The molecule has 0 unspecified atom stereocenters. The lowest BCUT2D eigenvalue weighted by Gasteiger charge is -2.47. The highest BCUT2D eigenvalue weighted by atomic mass is 14.8. The Bertz CT molecular complexity index is 156. The summed E-state index contributed by atoms with van der Waals surface area (Å²) in [7, 11) is 2.07. The molecule has 2 rings (SSSR count). The molecule has 2 saturated carbocycles. The monoisotopic (exact) mass is 183 g/mol. The molecule has 0 atom stereocenters. The zero-order valence-electron chi connectivity index (χ0n) is 8.94. The molecule has 1 heteroatoms. The molecule has 0 bridgehead atoms. The molecule has 78 valence electrons. The molecular formula is C12H25N.